The third-order valence-electron chi connectivity index (χ3n) is 5.30. The molecule has 2 aromatic rings. The van der Waals surface area contributed by atoms with Crippen LogP contribution in [0.3, 0.4) is 0 Å². The van der Waals surface area contributed by atoms with Crippen molar-refractivity contribution in [1.82, 2.24) is 0 Å². The summed E-state index contributed by atoms with van der Waals surface area (Å²) in [6.07, 6.45) is 11.2. The van der Waals surface area contributed by atoms with E-state index in [0.29, 0.717) is 35.7 Å². The Morgan fingerprint density at radius 3 is 1.09 bits per heavy atom. The largest absolute Gasteiger partial charge is 0.462 e. The lowest BCUT2D eigenvalue weighted by molar-refractivity contribution is 0.0488. The van der Waals surface area contributed by atoms with Crippen molar-refractivity contribution >= 4 is 23.3 Å². The molecule has 0 aromatic heterocycles. The van der Waals surface area contributed by atoms with Crippen molar-refractivity contribution in [1.29, 1.82) is 0 Å². The van der Waals surface area contributed by atoms with Crippen LogP contribution in [0, 0.1) is 0 Å². The van der Waals surface area contributed by atoms with Crippen molar-refractivity contribution < 1.29 is 19.1 Å². The van der Waals surface area contributed by atoms with Gasteiger partial charge in [-0.3, -0.25) is 0 Å². The minimum absolute atomic E-state index is 0.287. The molecule has 0 aliphatic heterocycles. The molecule has 0 bridgehead atoms. The summed E-state index contributed by atoms with van der Waals surface area (Å²) in [5.74, 6) is -0.574. The van der Waals surface area contributed by atoms with E-state index in [4.69, 9.17) is 20.9 Å². The number of rotatable bonds is 15. The molecule has 6 nitrogen and oxygen atoms in total. The van der Waals surface area contributed by atoms with Crippen molar-refractivity contribution in [2.24, 2.45) is 0 Å². The van der Waals surface area contributed by atoms with Gasteiger partial charge in [-0.1, -0.05) is 51.4 Å². The molecular formula is C26H36N2O4. The van der Waals surface area contributed by atoms with Crippen LogP contribution < -0.4 is 11.5 Å². The topological polar surface area (TPSA) is 105 Å². The summed E-state index contributed by atoms with van der Waals surface area (Å²) in [5, 5.41) is 0. The summed E-state index contributed by atoms with van der Waals surface area (Å²) >= 11 is 0. The van der Waals surface area contributed by atoms with Crippen molar-refractivity contribution in [2.45, 2.75) is 64.2 Å². The van der Waals surface area contributed by atoms with Crippen LogP contribution in [0.2, 0.25) is 0 Å². The fourth-order valence-corrected chi connectivity index (χ4v) is 3.35. The average Bonchev–Trinajstić information content (AvgIpc) is 2.80. The number of nitrogens with two attached hydrogens (primary N) is 2. The van der Waals surface area contributed by atoms with Gasteiger partial charge in [0.1, 0.15) is 0 Å². The van der Waals surface area contributed by atoms with Gasteiger partial charge < -0.3 is 20.9 Å². The molecule has 2 aromatic carbocycles. The molecule has 174 valence electrons. The van der Waals surface area contributed by atoms with Gasteiger partial charge in [0, 0.05) is 11.4 Å². The maximum Gasteiger partial charge on any atom is 0.338 e. The summed E-state index contributed by atoms with van der Waals surface area (Å²) in [7, 11) is 0. The first-order valence-electron chi connectivity index (χ1n) is 11.6. The van der Waals surface area contributed by atoms with E-state index in [2.05, 4.69) is 0 Å². The van der Waals surface area contributed by atoms with Crippen molar-refractivity contribution in [3.8, 4) is 0 Å². The Morgan fingerprint density at radius 2 is 0.781 bits per heavy atom. The molecule has 0 radical (unpaired) electrons. The minimum Gasteiger partial charge on any atom is -0.462 e. The minimum atomic E-state index is -0.287. The SMILES string of the molecule is Nc1ccc(C(=O)OCCCCCCCCCCCCOC(=O)c2ccc(N)cc2)cc1. The standard InChI is InChI=1S/C26H36N2O4/c27-23-15-11-21(12-16-23)25(29)31-19-9-7-5-3-1-2-4-6-8-10-20-32-26(30)22-13-17-24(28)18-14-22/h11-18H,1-10,19-20,27-28H2. The predicted molar refractivity (Wildman–Crippen MR) is 128 cm³/mol. The smallest absolute Gasteiger partial charge is 0.338 e. The van der Waals surface area contributed by atoms with E-state index in [1.165, 1.54) is 38.5 Å². The van der Waals surface area contributed by atoms with Gasteiger partial charge in [0.15, 0.2) is 0 Å². The van der Waals surface area contributed by atoms with E-state index in [1.54, 1.807) is 48.5 Å². The van der Waals surface area contributed by atoms with Gasteiger partial charge in [-0.25, -0.2) is 9.59 Å². The van der Waals surface area contributed by atoms with Crippen molar-refractivity contribution in [3.05, 3.63) is 59.7 Å². The molecule has 6 heteroatoms. The molecule has 0 aliphatic rings. The Hall–Kier alpha value is -3.02. The van der Waals surface area contributed by atoms with Crippen LogP contribution in [0.4, 0.5) is 11.4 Å². The van der Waals surface area contributed by atoms with Gasteiger partial charge in [0.05, 0.1) is 24.3 Å². The molecule has 0 saturated heterocycles. The first-order chi connectivity index (χ1) is 15.6. The lowest BCUT2D eigenvalue weighted by Gasteiger charge is -2.06. The maximum atomic E-state index is 11.9. The van der Waals surface area contributed by atoms with E-state index in [0.717, 1.165) is 25.7 Å². The molecule has 0 heterocycles. The molecule has 4 N–H and O–H groups in total. The van der Waals surface area contributed by atoms with Crippen LogP contribution in [-0.4, -0.2) is 25.2 Å². The summed E-state index contributed by atoms with van der Waals surface area (Å²) in [6, 6.07) is 13.6. The second-order valence-corrected chi connectivity index (χ2v) is 8.05. The number of esters is 2. The first-order valence-corrected chi connectivity index (χ1v) is 11.6. The van der Waals surface area contributed by atoms with E-state index < -0.39 is 0 Å². The summed E-state index contributed by atoms with van der Waals surface area (Å²) in [4.78, 5) is 23.8. The molecule has 2 rings (SSSR count). The second-order valence-electron chi connectivity index (χ2n) is 8.05. The number of benzene rings is 2. The van der Waals surface area contributed by atoms with E-state index >= 15 is 0 Å². The highest BCUT2D eigenvalue weighted by Gasteiger charge is 2.07. The molecule has 0 saturated carbocycles. The second kappa shape index (κ2) is 14.9. The average molecular weight is 441 g/mol. The van der Waals surface area contributed by atoms with Gasteiger partial charge in [-0.15, -0.1) is 0 Å². The third kappa shape index (κ3) is 10.3. The monoisotopic (exact) mass is 440 g/mol. The van der Waals surface area contributed by atoms with E-state index in [-0.39, 0.29) is 11.9 Å². The zero-order valence-corrected chi connectivity index (χ0v) is 18.9. The van der Waals surface area contributed by atoms with Crippen LogP contribution >= 0.6 is 0 Å². The quantitative estimate of drug-likeness (QED) is 0.207. The van der Waals surface area contributed by atoms with Crippen LogP contribution in [0.15, 0.2) is 48.5 Å². The predicted octanol–water partition coefficient (Wildman–Crippen LogP) is 5.77. The highest BCUT2D eigenvalue weighted by Crippen LogP contribution is 2.12. The Bertz CT molecular complexity index is 734. The number of carbonyl (C=O) groups excluding carboxylic acids is 2. The number of carbonyl (C=O) groups is 2. The van der Waals surface area contributed by atoms with Crippen LogP contribution in [0.5, 0.6) is 0 Å². The van der Waals surface area contributed by atoms with Crippen LogP contribution in [-0.2, 0) is 9.47 Å². The number of unbranched alkanes of at least 4 members (excludes halogenated alkanes) is 9. The molecule has 0 amide bonds. The number of ether oxygens (including phenoxy) is 2. The lowest BCUT2D eigenvalue weighted by Crippen LogP contribution is -2.06. The molecule has 0 unspecified atom stereocenters. The molecule has 32 heavy (non-hydrogen) atoms. The fourth-order valence-electron chi connectivity index (χ4n) is 3.35. The third-order valence-corrected chi connectivity index (χ3v) is 5.30. The Labute approximate surface area is 191 Å². The van der Waals surface area contributed by atoms with Crippen LogP contribution in [0.25, 0.3) is 0 Å². The van der Waals surface area contributed by atoms with Crippen molar-refractivity contribution in [3.63, 3.8) is 0 Å². The number of hydrogen-bond donors (Lipinski definition) is 2. The Balaban J connectivity index is 1.34. The van der Waals surface area contributed by atoms with Crippen molar-refractivity contribution in [2.75, 3.05) is 24.7 Å². The number of anilines is 2. The number of nitrogen functional groups attached to an aromatic ring is 2. The normalized spacial score (nSPS) is 10.6. The summed E-state index contributed by atoms with van der Waals surface area (Å²) in [5.41, 5.74) is 13.6. The molecule has 0 spiro atoms. The zero-order valence-electron chi connectivity index (χ0n) is 18.9. The van der Waals surface area contributed by atoms with Crippen LogP contribution in [0.1, 0.15) is 84.9 Å². The first kappa shape index (κ1) is 25.2. The molecule has 0 fully saturated rings. The maximum absolute atomic E-state index is 11.9. The van der Waals surface area contributed by atoms with E-state index in [1.807, 2.05) is 0 Å². The van der Waals surface area contributed by atoms with Gasteiger partial charge >= 0.3 is 11.9 Å². The zero-order chi connectivity index (χ0) is 23.0. The molecular weight excluding hydrogens is 404 g/mol. The molecule has 0 aliphatic carbocycles. The van der Waals surface area contributed by atoms with Gasteiger partial charge in [0.25, 0.3) is 0 Å². The highest BCUT2D eigenvalue weighted by molar-refractivity contribution is 5.90. The Morgan fingerprint density at radius 1 is 0.500 bits per heavy atom. The van der Waals surface area contributed by atoms with Gasteiger partial charge in [-0.05, 0) is 61.4 Å². The summed E-state index contributed by atoms with van der Waals surface area (Å²) < 4.78 is 10.6. The van der Waals surface area contributed by atoms with E-state index in [9.17, 15) is 9.59 Å². The lowest BCUT2D eigenvalue weighted by atomic mass is 10.1. The number of hydrogen-bond acceptors (Lipinski definition) is 6. The van der Waals surface area contributed by atoms with Gasteiger partial charge in [0.2, 0.25) is 0 Å². The van der Waals surface area contributed by atoms with Gasteiger partial charge in [-0.2, -0.15) is 0 Å². The highest BCUT2D eigenvalue weighted by atomic mass is 16.5. The molecule has 0 atom stereocenters. The fraction of sp³-hybridized carbons (Fsp3) is 0.462. The Kier molecular flexibility index (Phi) is 11.7. The summed E-state index contributed by atoms with van der Waals surface area (Å²) in [6.45, 7) is 0.929.